The van der Waals surface area contributed by atoms with Crippen molar-refractivity contribution in [2.24, 2.45) is 0 Å². The first-order valence-corrected chi connectivity index (χ1v) is 6.05. The molecule has 0 spiro atoms. The molecule has 1 aliphatic heterocycles. The van der Waals surface area contributed by atoms with Crippen LogP contribution in [0.15, 0.2) is 6.07 Å². The number of methoxy groups -OCH3 is 1. The Morgan fingerprint density at radius 2 is 2.29 bits per heavy atom. The number of piperidine rings is 1. The van der Waals surface area contributed by atoms with E-state index in [4.69, 9.17) is 4.74 Å². The summed E-state index contributed by atoms with van der Waals surface area (Å²) in [4.78, 5) is 11.0. The molecule has 1 aliphatic rings. The lowest BCUT2D eigenvalue weighted by Crippen LogP contribution is -2.44. The van der Waals surface area contributed by atoms with Gasteiger partial charge in [-0.25, -0.2) is 4.98 Å². The summed E-state index contributed by atoms with van der Waals surface area (Å²) in [6.45, 7) is 3.94. The van der Waals surface area contributed by atoms with Crippen LogP contribution in [0.5, 0.6) is 5.88 Å². The smallest absolute Gasteiger partial charge is 0.218 e. The van der Waals surface area contributed by atoms with Crippen LogP contribution in [0.3, 0.4) is 0 Å². The average Bonchev–Trinajstić information content (AvgIpc) is 2.38. The second-order valence-corrected chi connectivity index (χ2v) is 4.39. The molecule has 0 aliphatic carbocycles. The Kier molecular flexibility index (Phi) is 3.78. The first-order chi connectivity index (χ1) is 8.22. The maximum Gasteiger partial charge on any atom is 0.218 e. The highest BCUT2D eigenvalue weighted by Crippen LogP contribution is 2.21. The van der Waals surface area contributed by atoms with Crippen molar-refractivity contribution in [1.29, 1.82) is 0 Å². The molecule has 1 N–H and O–H groups in total. The van der Waals surface area contributed by atoms with Crippen molar-refractivity contribution < 1.29 is 4.74 Å². The zero-order valence-corrected chi connectivity index (χ0v) is 10.7. The summed E-state index contributed by atoms with van der Waals surface area (Å²) in [6, 6.07) is 2.45. The van der Waals surface area contributed by atoms with Gasteiger partial charge in [-0.3, -0.25) is 0 Å². The third kappa shape index (κ3) is 2.85. The van der Waals surface area contributed by atoms with Crippen LogP contribution in [0.2, 0.25) is 0 Å². The maximum atomic E-state index is 5.19. The van der Waals surface area contributed by atoms with E-state index in [0.29, 0.717) is 11.9 Å². The predicted octanol–water partition coefficient (Wildman–Crippen LogP) is 0.982. The predicted molar refractivity (Wildman–Crippen MR) is 67.6 cm³/mol. The van der Waals surface area contributed by atoms with Gasteiger partial charge >= 0.3 is 0 Å². The summed E-state index contributed by atoms with van der Waals surface area (Å²) in [7, 11) is 3.65. The third-order valence-corrected chi connectivity index (χ3v) is 3.16. The zero-order chi connectivity index (χ0) is 12.3. The van der Waals surface area contributed by atoms with Crippen molar-refractivity contribution in [2.75, 3.05) is 32.1 Å². The van der Waals surface area contributed by atoms with Crippen molar-refractivity contribution in [1.82, 2.24) is 15.3 Å². The minimum atomic E-state index is 0.546. The van der Waals surface area contributed by atoms with Gasteiger partial charge in [0.2, 0.25) is 5.88 Å². The van der Waals surface area contributed by atoms with Crippen LogP contribution in [0, 0.1) is 6.92 Å². The van der Waals surface area contributed by atoms with Gasteiger partial charge in [0.1, 0.15) is 11.6 Å². The van der Waals surface area contributed by atoms with E-state index < -0.39 is 0 Å². The van der Waals surface area contributed by atoms with E-state index in [2.05, 4.69) is 20.2 Å². The number of nitrogens with zero attached hydrogens (tertiary/aromatic N) is 3. The van der Waals surface area contributed by atoms with Crippen LogP contribution in [-0.2, 0) is 0 Å². The van der Waals surface area contributed by atoms with Crippen LogP contribution in [0.1, 0.15) is 18.7 Å². The van der Waals surface area contributed by atoms with E-state index in [0.717, 1.165) is 24.7 Å². The number of hydrogen-bond acceptors (Lipinski definition) is 5. The van der Waals surface area contributed by atoms with Gasteiger partial charge < -0.3 is 15.0 Å². The van der Waals surface area contributed by atoms with E-state index in [-0.39, 0.29) is 0 Å². The highest BCUT2D eigenvalue weighted by Gasteiger charge is 2.20. The van der Waals surface area contributed by atoms with Crippen LogP contribution < -0.4 is 15.0 Å². The minimum absolute atomic E-state index is 0.546. The molecule has 0 saturated carbocycles. The number of rotatable bonds is 3. The molecule has 0 bridgehead atoms. The number of nitrogens with one attached hydrogen (secondary N) is 1. The highest BCUT2D eigenvalue weighted by molar-refractivity contribution is 5.42. The lowest BCUT2D eigenvalue weighted by atomic mass is 10.1. The molecule has 1 aromatic rings. The summed E-state index contributed by atoms with van der Waals surface area (Å²) in [5.74, 6) is 2.36. The SMILES string of the molecule is CNC1CCCN(c2cc(OC)nc(C)n2)C1. The fourth-order valence-corrected chi connectivity index (χ4v) is 2.21. The van der Waals surface area contributed by atoms with Gasteiger partial charge in [0.05, 0.1) is 7.11 Å². The highest BCUT2D eigenvalue weighted by atomic mass is 16.5. The Balaban J connectivity index is 2.18. The quantitative estimate of drug-likeness (QED) is 0.848. The van der Waals surface area contributed by atoms with Gasteiger partial charge in [-0.1, -0.05) is 0 Å². The maximum absolute atomic E-state index is 5.19. The Bertz CT molecular complexity index is 383. The number of hydrogen-bond donors (Lipinski definition) is 1. The molecule has 5 nitrogen and oxygen atoms in total. The first kappa shape index (κ1) is 12.1. The second-order valence-electron chi connectivity index (χ2n) is 4.39. The van der Waals surface area contributed by atoms with Crippen molar-refractivity contribution in [2.45, 2.75) is 25.8 Å². The lowest BCUT2D eigenvalue weighted by molar-refractivity contribution is 0.394. The number of aryl methyl sites for hydroxylation is 1. The number of likely N-dealkylation sites (N-methyl/N-ethyl adjacent to an activating group) is 1. The molecule has 1 aromatic heterocycles. The van der Waals surface area contributed by atoms with Gasteiger partial charge in [-0.05, 0) is 26.8 Å². The van der Waals surface area contributed by atoms with Crippen molar-refractivity contribution in [3.63, 3.8) is 0 Å². The molecule has 1 atom stereocenters. The Morgan fingerprint density at radius 1 is 1.47 bits per heavy atom. The number of anilines is 1. The third-order valence-electron chi connectivity index (χ3n) is 3.16. The molecule has 2 heterocycles. The van der Waals surface area contributed by atoms with E-state index in [9.17, 15) is 0 Å². The van der Waals surface area contributed by atoms with E-state index in [1.807, 2.05) is 20.0 Å². The molecule has 17 heavy (non-hydrogen) atoms. The topological polar surface area (TPSA) is 50.3 Å². The number of ether oxygens (including phenoxy) is 1. The van der Waals surface area contributed by atoms with E-state index in [1.54, 1.807) is 7.11 Å². The number of aromatic nitrogens is 2. The van der Waals surface area contributed by atoms with Gasteiger partial charge in [0, 0.05) is 25.2 Å². The molecule has 5 heteroatoms. The Morgan fingerprint density at radius 3 is 3.00 bits per heavy atom. The monoisotopic (exact) mass is 236 g/mol. The van der Waals surface area contributed by atoms with Crippen molar-refractivity contribution >= 4 is 5.82 Å². The van der Waals surface area contributed by atoms with Crippen molar-refractivity contribution in [3.05, 3.63) is 11.9 Å². The molecule has 2 rings (SSSR count). The average molecular weight is 236 g/mol. The van der Waals surface area contributed by atoms with Gasteiger partial charge in [-0.15, -0.1) is 0 Å². The van der Waals surface area contributed by atoms with Crippen molar-refractivity contribution in [3.8, 4) is 5.88 Å². The molecule has 94 valence electrons. The van der Waals surface area contributed by atoms with Gasteiger partial charge in [0.25, 0.3) is 0 Å². The van der Waals surface area contributed by atoms with E-state index >= 15 is 0 Å². The summed E-state index contributed by atoms with van der Waals surface area (Å²) >= 11 is 0. The standard InChI is InChI=1S/C12H20N4O/c1-9-14-11(7-12(15-9)17-3)16-6-4-5-10(8-16)13-2/h7,10,13H,4-6,8H2,1-3H3. The molecule has 0 radical (unpaired) electrons. The lowest BCUT2D eigenvalue weighted by Gasteiger charge is -2.33. The van der Waals surface area contributed by atoms with Crippen LogP contribution >= 0.6 is 0 Å². The Labute approximate surface area is 102 Å². The first-order valence-electron chi connectivity index (χ1n) is 6.05. The zero-order valence-electron chi connectivity index (χ0n) is 10.7. The summed E-state index contributed by atoms with van der Waals surface area (Å²) < 4.78 is 5.19. The normalized spacial score (nSPS) is 20.4. The van der Waals surface area contributed by atoms with Gasteiger partial charge in [0.15, 0.2) is 0 Å². The van der Waals surface area contributed by atoms with Gasteiger partial charge in [-0.2, -0.15) is 4.98 Å². The van der Waals surface area contributed by atoms with Crippen LogP contribution in [0.4, 0.5) is 5.82 Å². The molecular formula is C12H20N4O. The molecule has 0 amide bonds. The molecule has 1 saturated heterocycles. The minimum Gasteiger partial charge on any atom is -0.481 e. The Hall–Kier alpha value is -1.36. The van der Waals surface area contributed by atoms with Crippen LogP contribution in [-0.4, -0.2) is 43.3 Å². The fourth-order valence-electron chi connectivity index (χ4n) is 2.21. The molecule has 1 unspecified atom stereocenters. The second kappa shape index (κ2) is 5.31. The largest absolute Gasteiger partial charge is 0.481 e. The van der Waals surface area contributed by atoms with Crippen LogP contribution in [0.25, 0.3) is 0 Å². The molecule has 1 fully saturated rings. The van der Waals surface area contributed by atoms with E-state index in [1.165, 1.54) is 12.8 Å². The summed E-state index contributed by atoms with van der Waals surface area (Å²) in [6.07, 6.45) is 2.42. The summed E-state index contributed by atoms with van der Waals surface area (Å²) in [5.41, 5.74) is 0. The summed E-state index contributed by atoms with van der Waals surface area (Å²) in [5, 5.41) is 3.33. The fraction of sp³-hybridized carbons (Fsp3) is 0.667. The molecule has 0 aromatic carbocycles. The molecular weight excluding hydrogens is 216 g/mol.